The lowest BCUT2D eigenvalue weighted by Crippen LogP contribution is -2.62. The van der Waals surface area contributed by atoms with E-state index in [9.17, 15) is 19.5 Å². The summed E-state index contributed by atoms with van der Waals surface area (Å²) in [5.74, 6) is -1.55. The molecule has 5 heterocycles. The second-order valence-electron chi connectivity index (χ2n) is 8.29. The van der Waals surface area contributed by atoms with E-state index in [1.165, 1.54) is 0 Å². The Morgan fingerprint density at radius 2 is 2.03 bits per heavy atom. The quantitative estimate of drug-likeness (QED) is 0.616. The van der Waals surface area contributed by atoms with E-state index in [2.05, 4.69) is 15.2 Å². The van der Waals surface area contributed by atoms with E-state index < -0.39 is 34.6 Å². The molecular weight excluding hydrogens is 480 g/mol. The third kappa shape index (κ3) is 2.50. The van der Waals surface area contributed by atoms with E-state index in [0.717, 1.165) is 28.0 Å². The average molecular weight is 499 g/mol. The number of nitrogens with one attached hydrogen (secondary N) is 1. The number of hydrogen-bond acceptors (Lipinski definition) is 8. The fourth-order valence-corrected chi connectivity index (χ4v) is 9.52. The molecule has 4 aliphatic heterocycles. The fourth-order valence-electron chi connectivity index (χ4n) is 5.79. The molecule has 168 valence electrons. The molecule has 4 aliphatic rings. The van der Waals surface area contributed by atoms with Gasteiger partial charge in [0.2, 0.25) is 5.91 Å². The molecule has 0 aliphatic carbocycles. The number of fused-ring (bicyclic) bond motifs is 5. The second kappa shape index (κ2) is 7.26. The first-order valence-electron chi connectivity index (χ1n) is 10.4. The molecule has 1 unspecified atom stereocenters. The van der Waals surface area contributed by atoms with Crippen LogP contribution in [0.4, 0.5) is 5.69 Å². The van der Waals surface area contributed by atoms with Crippen LogP contribution in [0.3, 0.4) is 0 Å². The number of amides is 2. The molecule has 0 saturated carbocycles. The molecule has 1 aromatic heterocycles. The Bertz CT molecular complexity index is 1230. The topological polar surface area (TPSA) is 103 Å². The summed E-state index contributed by atoms with van der Waals surface area (Å²) in [5, 5.41) is 12.3. The molecule has 3 fully saturated rings. The van der Waals surface area contributed by atoms with Crippen molar-refractivity contribution in [3.05, 3.63) is 59.9 Å². The number of carboxylic acids is 1. The maximum absolute atomic E-state index is 14.3. The third-order valence-corrected chi connectivity index (χ3v) is 10.0. The maximum Gasteiger partial charge on any atom is 0.323 e. The number of nitrogens with zero attached hydrogens (tertiary/aromatic N) is 3. The van der Waals surface area contributed by atoms with Crippen LogP contribution in [-0.2, 0) is 19.9 Å². The van der Waals surface area contributed by atoms with Gasteiger partial charge >= 0.3 is 5.97 Å². The van der Waals surface area contributed by atoms with Gasteiger partial charge in [0.25, 0.3) is 5.91 Å². The van der Waals surface area contributed by atoms with Crippen LogP contribution in [0.5, 0.6) is 0 Å². The van der Waals surface area contributed by atoms with Gasteiger partial charge in [0.05, 0.1) is 11.3 Å². The molecule has 33 heavy (non-hydrogen) atoms. The first kappa shape index (κ1) is 21.1. The SMILES string of the molecule is O=C(O)CN1C(=O)[C@@]2(SC1=S)[C@H](c1ccccn1)C1SCCN1[C@]21C(=O)Nc2ccccc21. The van der Waals surface area contributed by atoms with Gasteiger partial charge in [-0.1, -0.05) is 48.2 Å². The maximum atomic E-state index is 14.3. The number of aliphatic carboxylic acids is 1. The van der Waals surface area contributed by atoms with E-state index in [1.54, 1.807) is 18.0 Å². The number of rotatable bonds is 3. The van der Waals surface area contributed by atoms with E-state index in [4.69, 9.17) is 12.2 Å². The molecule has 11 heteroatoms. The minimum atomic E-state index is -1.39. The lowest BCUT2D eigenvalue weighted by Gasteiger charge is -2.42. The minimum absolute atomic E-state index is 0.172. The molecule has 2 spiro atoms. The van der Waals surface area contributed by atoms with Gasteiger partial charge in [-0.3, -0.25) is 29.2 Å². The van der Waals surface area contributed by atoms with Crippen LogP contribution in [0.25, 0.3) is 0 Å². The summed E-state index contributed by atoms with van der Waals surface area (Å²) in [4.78, 5) is 47.8. The summed E-state index contributed by atoms with van der Waals surface area (Å²) >= 11 is 8.40. The first-order chi connectivity index (χ1) is 15.9. The Morgan fingerprint density at radius 1 is 1.24 bits per heavy atom. The lowest BCUT2D eigenvalue weighted by atomic mass is 9.72. The van der Waals surface area contributed by atoms with Gasteiger partial charge in [-0.2, -0.15) is 0 Å². The number of thioether (sulfide) groups is 2. The van der Waals surface area contributed by atoms with Gasteiger partial charge < -0.3 is 10.4 Å². The van der Waals surface area contributed by atoms with Gasteiger partial charge in [0.1, 0.15) is 15.6 Å². The highest BCUT2D eigenvalue weighted by Crippen LogP contribution is 2.70. The first-order valence-corrected chi connectivity index (χ1v) is 12.7. The summed E-state index contributed by atoms with van der Waals surface area (Å²) in [5.41, 5.74) is 0.743. The van der Waals surface area contributed by atoms with Gasteiger partial charge in [-0.25, -0.2) is 0 Å². The van der Waals surface area contributed by atoms with Crippen molar-refractivity contribution >= 4 is 63.5 Å². The molecular formula is C22H18N4O4S3. The van der Waals surface area contributed by atoms with E-state index in [-0.39, 0.29) is 15.6 Å². The normalized spacial score (nSPS) is 32.6. The summed E-state index contributed by atoms with van der Waals surface area (Å²) in [7, 11) is 0. The van der Waals surface area contributed by atoms with Crippen molar-refractivity contribution in [2.75, 3.05) is 24.2 Å². The molecule has 1 aromatic carbocycles. The fraction of sp³-hybridized carbons (Fsp3) is 0.318. The van der Waals surface area contributed by atoms with Crippen LogP contribution >= 0.6 is 35.7 Å². The molecule has 2 aromatic rings. The van der Waals surface area contributed by atoms with Gasteiger partial charge in [-0.15, -0.1) is 11.8 Å². The summed E-state index contributed by atoms with van der Waals surface area (Å²) in [6.45, 7) is 0.0697. The summed E-state index contributed by atoms with van der Waals surface area (Å²) in [6, 6.07) is 13.0. The van der Waals surface area contributed by atoms with Crippen LogP contribution in [-0.4, -0.2) is 71.0 Å². The van der Waals surface area contributed by atoms with Crippen molar-refractivity contribution in [3.63, 3.8) is 0 Å². The van der Waals surface area contributed by atoms with Crippen molar-refractivity contribution in [2.45, 2.75) is 21.6 Å². The van der Waals surface area contributed by atoms with Gasteiger partial charge in [-0.05, 0) is 18.2 Å². The zero-order chi connectivity index (χ0) is 23.0. The van der Waals surface area contributed by atoms with Crippen molar-refractivity contribution in [3.8, 4) is 0 Å². The summed E-state index contributed by atoms with van der Waals surface area (Å²) in [6.07, 6.45) is 1.68. The van der Waals surface area contributed by atoms with Crippen LogP contribution in [0.15, 0.2) is 48.7 Å². The Morgan fingerprint density at radius 3 is 2.79 bits per heavy atom. The molecule has 0 bridgehead atoms. The predicted molar refractivity (Wildman–Crippen MR) is 129 cm³/mol. The number of benzene rings is 1. The standard InChI is InChI=1S/C22H18N4O4S3/c27-15(28)11-25-19(30)22(33-20(25)31)16(14-7-3-4-8-23-14)17-26(9-10-32-17)21(22)12-5-1-2-6-13(12)24-18(21)29/h1-8,16-17H,9-11H2,(H,24,29)(H,27,28)/t16-,17?,21-,22+/m1/s1. The Balaban J connectivity index is 1.68. The monoisotopic (exact) mass is 498 g/mol. The van der Waals surface area contributed by atoms with Crippen LogP contribution in [0, 0.1) is 0 Å². The van der Waals surface area contributed by atoms with Crippen molar-refractivity contribution in [1.82, 2.24) is 14.8 Å². The number of hydrogen-bond donors (Lipinski definition) is 2. The highest BCUT2D eigenvalue weighted by atomic mass is 32.2. The number of pyridine rings is 1. The largest absolute Gasteiger partial charge is 0.480 e. The van der Waals surface area contributed by atoms with E-state index >= 15 is 0 Å². The van der Waals surface area contributed by atoms with E-state index in [0.29, 0.717) is 17.9 Å². The summed E-state index contributed by atoms with van der Waals surface area (Å²) < 4.78 is -1.21. The number of aromatic nitrogens is 1. The van der Waals surface area contributed by atoms with Gasteiger partial charge in [0.15, 0.2) is 5.54 Å². The molecule has 2 N–H and O–H groups in total. The zero-order valence-corrected chi connectivity index (χ0v) is 19.6. The molecule has 2 amide bonds. The highest BCUT2D eigenvalue weighted by Gasteiger charge is 2.81. The number of thiocarbonyl (C=S) groups is 1. The molecule has 8 nitrogen and oxygen atoms in total. The average Bonchev–Trinajstić information content (AvgIpc) is 3.50. The van der Waals surface area contributed by atoms with Crippen LogP contribution in [0.1, 0.15) is 17.2 Å². The number of carbonyl (C=O) groups excluding carboxylic acids is 2. The Kier molecular flexibility index (Phi) is 4.64. The number of anilines is 1. The molecule has 0 radical (unpaired) electrons. The zero-order valence-electron chi connectivity index (χ0n) is 17.1. The van der Waals surface area contributed by atoms with Crippen LogP contribution in [0.2, 0.25) is 0 Å². The predicted octanol–water partition coefficient (Wildman–Crippen LogP) is 2.08. The van der Waals surface area contributed by atoms with Crippen molar-refractivity contribution in [1.29, 1.82) is 0 Å². The molecule has 6 rings (SSSR count). The third-order valence-electron chi connectivity index (χ3n) is 6.84. The second-order valence-corrected chi connectivity index (χ2v) is 11.4. The van der Waals surface area contributed by atoms with Crippen LogP contribution < -0.4 is 5.32 Å². The number of para-hydroxylation sites is 1. The number of carbonyl (C=O) groups is 3. The van der Waals surface area contributed by atoms with Crippen molar-refractivity contribution < 1.29 is 19.5 Å². The Labute approximate surface area is 203 Å². The lowest BCUT2D eigenvalue weighted by molar-refractivity contribution is -0.144. The smallest absolute Gasteiger partial charge is 0.323 e. The molecule has 3 saturated heterocycles. The Hall–Kier alpha value is -2.47. The van der Waals surface area contributed by atoms with Crippen molar-refractivity contribution in [2.24, 2.45) is 0 Å². The van der Waals surface area contributed by atoms with E-state index in [1.807, 2.05) is 42.5 Å². The minimum Gasteiger partial charge on any atom is -0.480 e. The molecule has 4 atom stereocenters. The number of carboxylic acid groups (broad SMARTS) is 1. The highest BCUT2D eigenvalue weighted by molar-refractivity contribution is 8.25. The van der Waals surface area contributed by atoms with Gasteiger partial charge in [0, 0.05) is 35.4 Å².